The maximum absolute atomic E-state index is 12.9. The molecule has 1 N–H and O–H groups in total. The SMILES string of the molecule is COC(=O)[C@H](OC)[C@]1(NC(=O)OC(C)(C)C)CCCN1C(=O)OCc1ccccc1. The smallest absolute Gasteiger partial charge is 0.412 e. The minimum Gasteiger partial charge on any atom is -0.467 e. The van der Waals surface area contributed by atoms with Gasteiger partial charge < -0.3 is 18.9 Å². The molecular formula is C21H30N2O7. The molecule has 1 aliphatic heterocycles. The summed E-state index contributed by atoms with van der Waals surface area (Å²) in [4.78, 5) is 39.2. The Morgan fingerprint density at radius 1 is 1.17 bits per heavy atom. The van der Waals surface area contributed by atoms with Gasteiger partial charge in [-0.15, -0.1) is 0 Å². The topological polar surface area (TPSA) is 103 Å². The standard InChI is InChI=1S/C21H30N2O7/c1-20(2,3)30-18(25)22-21(16(27-4)17(24)28-5)12-9-13-23(21)19(26)29-14-15-10-7-6-8-11-15/h6-8,10-11,16H,9,12-14H2,1-5H3,(H,22,25)/t16-,21-/m0/s1. The summed E-state index contributed by atoms with van der Waals surface area (Å²) < 4.78 is 21.0. The summed E-state index contributed by atoms with van der Waals surface area (Å²) in [5, 5.41) is 2.68. The summed E-state index contributed by atoms with van der Waals surface area (Å²) in [6.45, 7) is 5.46. The molecule has 166 valence electrons. The lowest BCUT2D eigenvalue weighted by molar-refractivity contribution is -0.163. The van der Waals surface area contributed by atoms with Crippen LogP contribution in [0.2, 0.25) is 0 Å². The number of nitrogens with zero attached hydrogens (tertiary/aromatic N) is 1. The van der Waals surface area contributed by atoms with E-state index in [-0.39, 0.29) is 19.6 Å². The predicted molar refractivity (Wildman–Crippen MR) is 107 cm³/mol. The summed E-state index contributed by atoms with van der Waals surface area (Å²) in [6.07, 6.45) is -1.94. The first-order valence-electron chi connectivity index (χ1n) is 9.73. The minimum atomic E-state index is -1.50. The number of ether oxygens (including phenoxy) is 4. The number of rotatable bonds is 6. The Bertz CT molecular complexity index is 747. The van der Waals surface area contributed by atoms with E-state index in [1.54, 1.807) is 20.8 Å². The van der Waals surface area contributed by atoms with Crippen LogP contribution in [-0.4, -0.2) is 61.2 Å². The molecule has 1 aliphatic rings. The van der Waals surface area contributed by atoms with Crippen molar-refractivity contribution in [2.75, 3.05) is 20.8 Å². The third kappa shape index (κ3) is 5.63. The number of benzene rings is 1. The van der Waals surface area contributed by atoms with Crippen LogP contribution >= 0.6 is 0 Å². The lowest BCUT2D eigenvalue weighted by Gasteiger charge is -2.41. The van der Waals surface area contributed by atoms with Crippen LogP contribution in [0.3, 0.4) is 0 Å². The second-order valence-corrected chi connectivity index (χ2v) is 7.99. The van der Waals surface area contributed by atoms with Crippen molar-refractivity contribution < 1.29 is 33.3 Å². The molecule has 0 saturated carbocycles. The average molecular weight is 422 g/mol. The van der Waals surface area contributed by atoms with Crippen molar-refractivity contribution in [2.24, 2.45) is 0 Å². The van der Waals surface area contributed by atoms with Crippen molar-refractivity contribution >= 4 is 18.2 Å². The maximum Gasteiger partial charge on any atom is 0.412 e. The Labute approximate surface area is 176 Å². The number of hydrogen-bond acceptors (Lipinski definition) is 7. The third-order valence-electron chi connectivity index (χ3n) is 4.65. The van der Waals surface area contributed by atoms with E-state index < -0.39 is 35.5 Å². The number of hydrogen-bond donors (Lipinski definition) is 1. The van der Waals surface area contributed by atoms with E-state index in [4.69, 9.17) is 18.9 Å². The lowest BCUT2D eigenvalue weighted by atomic mass is 9.99. The predicted octanol–water partition coefficient (Wildman–Crippen LogP) is 2.83. The van der Waals surface area contributed by atoms with Gasteiger partial charge in [0.2, 0.25) is 0 Å². The maximum atomic E-state index is 12.9. The normalized spacial score (nSPS) is 19.7. The summed E-state index contributed by atoms with van der Waals surface area (Å²) in [6, 6.07) is 9.20. The quantitative estimate of drug-likeness (QED) is 0.555. The molecule has 2 amide bonds. The lowest BCUT2D eigenvalue weighted by Crippen LogP contribution is -2.68. The van der Waals surface area contributed by atoms with Gasteiger partial charge in [0.05, 0.1) is 7.11 Å². The number of carbonyl (C=O) groups excluding carboxylic acids is 3. The first-order valence-corrected chi connectivity index (χ1v) is 9.73. The van der Waals surface area contributed by atoms with Gasteiger partial charge in [0.25, 0.3) is 0 Å². The average Bonchev–Trinajstić information content (AvgIpc) is 3.09. The third-order valence-corrected chi connectivity index (χ3v) is 4.65. The number of carbonyl (C=O) groups is 3. The summed E-state index contributed by atoms with van der Waals surface area (Å²) in [5.41, 5.74) is -1.46. The van der Waals surface area contributed by atoms with Crippen molar-refractivity contribution in [3.05, 3.63) is 35.9 Å². The molecule has 1 aromatic carbocycles. The zero-order valence-electron chi connectivity index (χ0n) is 18.1. The van der Waals surface area contributed by atoms with Crippen LogP contribution in [0, 0.1) is 0 Å². The van der Waals surface area contributed by atoms with Gasteiger partial charge in [-0.05, 0) is 39.2 Å². The van der Waals surface area contributed by atoms with Gasteiger partial charge in [0.15, 0.2) is 11.8 Å². The fourth-order valence-corrected chi connectivity index (χ4v) is 3.43. The first kappa shape index (κ1) is 23.5. The summed E-state index contributed by atoms with van der Waals surface area (Å²) in [5.74, 6) is -0.726. The van der Waals surface area contributed by atoms with Crippen LogP contribution < -0.4 is 5.32 Å². The molecule has 2 rings (SSSR count). The molecule has 0 radical (unpaired) electrons. The molecule has 1 aromatic rings. The van der Waals surface area contributed by atoms with Crippen LogP contribution in [-0.2, 0) is 30.3 Å². The van der Waals surface area contributed by atoms with Crippen molar-refractivity contribution in [2.45, 2.75) is 57.6 Å². The van der Waals surface area contributed by atoms with E-state index in [9.17, 15) is 14.4 Å². The van der Waals surface area contributed by atoms with E-state index in [0.717, 1.165) is 5.56 Å². The summed E-state index contributed by atoms with van der Waals surface area (Å²) in [7, 11) is 2.52. The molecule has 0 aliphatic carbocycles. The highest BCUT2D eigenvalue weighted by molar-refractivity contribution is 5.81. The zero-order valence-corrected chi connectivity index (χ0v) is 18.1. The second-order valence-electron chi connectivity index (χ2n) is 7.99. The van der Waals surface area contributed by atoms with Gasteiger partial charge in [0.1, 0.15) is 12.2 Å². The molecule has 9 heteroatoms. The molecular weight excluding hydrogens is 392 g/mol. The fraction of sp³-hybridized carbons (Fsp3) is 0.571. The van der Waals surface area contributed by atoms with Gasteiger partial charge in [-0.3, -0.25) is 10.2 Å². The van der Waals surface area contributed by atoms with Crippen molar-refractivity contribution in [1.29, 1.82) is 0 Å². The van der Waals surface area contributed by atoms with E-state index in [0.29, 0.717) is 6.42 Å². The zero-order chi connectivity index (χ0) is 22.4. The van der Waals surface area contributed by atoms with E-state index >= 15 is 0 Å². The van der Waals surface area contributed by atoms with Crippen LogP contribution in [0.25, 0.3) is 0 Å². The highest BCUT2D eigenvalue weighted by atomic mass is 16.6. The highest BCUT2D eigenvalue weighted by Gasteiger charge is 2.55. The van der Waals surface area contributed by atoms with Gasteiger partial charge in [-0.1, -0.05) is 30.3 Å². The monoisotopic (exact) mass is 422 g/mol. The van der Waals surface area contributed by atoms with Crippen LogP contribution in [0.15, 0.2) is 30.3 Å². The largest absolute Gasteiger partial charge is 0.467 e. The van der Waals surface area contributed by atoms with E-state index in [1.165, 1.54) is 19.1 Å². The van der Waals surface area contributed by atoms with Crippen molar-refractivity contribution in [3.8, 4) is 0 Å². The molecule has 1 fully saturated rings. The number of methoxy groups -OCH3 is 2. The fourth-order valence-electron chi connectivity index (χ4n) is 3.43. The molecule has 1 heterocycles. The van der Waals surface area contributed by atoms with E-state index in [2.05, 4.69) is 5.32 Å². The number of amides is 2. The van der Waals surface area contributed by atoms with Gasteiger partial charge >= 0.3 is 18.2 Å². The molecule has 0 aromatic heterocycles. The van der Waals surface area contributed by atoms with Crippen molar-refractivity contribution in [1.82, 2.24) is 10.2 Å². The highest BCUT2D eigenvalue weighted by Crippen LogP contribution is 2.33. The van der Waals surface area contributed by atoms with Gasteiger partial charge in [-0.25, -0.2) is 14.4 Å². The van der Waals surface area contributed by atoms with Crippen LogP contribution in [0.5, 0.6) is 0 Å². The molecule has 2 atom stereocenters. The molecule has 9 nitrogen and oxygen atoms in total. The van der Waals surface area contributed by atoms with Crippen LogP contribution in [0.1, 0.15) is 39.2 Å². The first-order chi connectivity index (χ1) is 14.1. The van der Waals surface area contributed by atoms with E-state index in [1.807, 2.05) is 30.3 Å². The Kier molecular flexibility index (Phi) is 7.66. The Morgan fingerprint density at radius 2 is 1.83 bits per heavy atom. The second kappa shape index (κ2) is 9.80. The molecule has 0 bridgehead atoms. The van der Waals surface area contributed by atoms with Crippen molar-refractivity contribution in [3.63, 3.8) is 0 Å². The number of esters is 1. The van der Waals surface area contributed by atoms with Crippen LogP contribution in [0.4, 0.5) is 9.59 Å². The number of alkyl carbamates (subject to hydrolysis) is 1. The number of nitrogens with one attached hydrogen (secondary N) is 1. The Balaban J connectivity index is 2.29. The summed E-state index contributed by atoms with van der Waals surface area (Å²) >= 11 is 0. The molecule has 1 saturated heterocycles. The van der Waals surface area contributed by atoms with Gasteiger partial charge in [0, 0.05) is 13.7 Å². The van der Waals surface area contributed by atoms with Gasteiger partial charge in [-0.2, -0.15) is 0 Å². The molecule has 30 heavy (non-hydrogen) atoms. The number of likely N-dealkylation sites (tertiary alicyclic amines) is 1. The minimum absolute atomic E-state index is 0.0502. The molecule has 0 spiro atoms. The Hall–Kier alpha value is -2.81. The molecule has 0 unspecified atom stereocenters. The Morgan fingerprint density at radius 3 is 2.40 bits per heavy atom.